The maximum absolute atomic E-state index is 11.6. The molecule has 1 rings (SSSR count). The van der Waals surface area contributed by atoms with Crippen LogP contribution < -0.4 is 5.32 Å². The fourth-order valence-corrected chi connectivity index (χ4v) is 1.73. The van der Waals surface area contributed by atoms with Crippen molar-refractivity contribution in [3.63, 3.8) is 0 Å². The van der Waals surface area contributed by atoms with Crippen LogP contribution in [0.3, 0.4) is 0 Å². The predicted molar refractivity (Wildman–Crippen MR) is 67.7 cm³/mol. The van der Waals surface area contributed by atoms with Crippen LogP contribution in [0.25, 0.3) is 0 Å². The van der Waals surface area contributed by atoms with E-state index in [0.29, 0.717) is 11.7 Å². The summed E-state index contributed by atoms with van der Waals surface area (Å²) in [5.41, 5.74) is 0.155. The van der Waals surface area contributed by atoms with Gasteiger partial charge in [-0.25, -0.2) is 14.6 Å². The van der Waals surface area contributed by atoms with Crippen LogP contribution >= 0.6 is 11.3 Å². The van der Waals surface area contributed by atoms with E-state index in [1.54, 1.807) is 11.5 Å². The molecule has 1 unspecified atom stereocenters. The Bertz CT molecular complexity index is 444. The van der Waals surface area contributed by atoms with Crippen molar-refractivity contribution in [3.05, 3.63) is 23.7 Å². The van der Waals surface area contributed by atoms with Gasteiger partial charge < -0.3 is 14.8 Å². The third-order valence-corrected chi connectivity index (χ3v) is 2.73. The molecule has 1 atom stereocenters. The Kier molecular flexibility index (Phi) is 5.31. The fourth-order valence-electron chi connectivity index (χ4n) is 1.04. The van der Waals surface area contributed by atoms with Gasteiger partial charge in [0.1, 0.15) is 0 Å². The van der Waals surface area contributed by atoms with Crippen molar-refractivity contribution >= 4 is 28.4 Å². The van der Waals surface area contributed by atoms with E-state index < -0.39 is 18.0 Å². The number of thiazole rings is 1. The molecule has 1 aromatic rings. The average molecular weight is 270 g/mol. The molecule has 0 aliphatic rings. The van der Waals surface area contributed by atoms with Crippen LogP contribution in [0.15, 0.2) is 18.0 Å². The number of carbonyl (C=O) groups is 2. The summed E-state index contributed by atoms with van der Waals surface area (Å²) in [6.07, 6.45) is 0.729. The van der Waals surface area contributed by atoms with E-state index >= 15 is 0 Å². The highest BCUT2D eigenvalue weighted by Gasteiger charge is 2.20. The number of rotatable bonds is 6. The first-order valence-corrected chi connectivity index (χ1v) is 6.05. The van der Waals surface area contributed by atoms with Crippen molar-refractivity contribution in [2.75, 3.05) is 19.0 Å². The highest BCUT2D eigenvalue weighted by molar-refractivity contribution is 7.13. The first-order valence-electron chi connectivity index (χ1n) is 5.17. The van der Waals surface area contributed by atoms with Crippen LogP contribution in [0.2, 0.25) is 0 Å². The van der Waals surface area contributed by atoms with Crippen LogP contribution in [0.4, 0.5) is 5.13 Å². The number of anilines is 1. The molecule has 0 aromatic carbocycles. The number of hydrogen-bond donors (Lipinski definition) is 1. The van der Waals surface area contributed by atoms with Crippen molar-refractivity contribution < 1.29 is 19.1 Å². The maximum atomic E-state index is 11.6. The molecule has 1 N–H and O–H groups in total. The molecule has 7 heteroatoms. The Morgan fingerprint density at radius 3 is 3.00 bits per heavy atom. The molecule has 0 spiro atoms. The molecular weight excluding hydrogens is 256 g/mol. The minimum atomic E-state index is -0.950. The lowest BCUT2D eigenvalue weighted by Gasteiger charge is -2.09. The Morgan fingerprint density at radius 1 is 1.67 bits per heavy atom. The number of esters is 2. The second kappa shape index (κ2) is 6.75. The normalized spacial score (nSPS) is 11.4. The number of nitrogens with zero attached hydrogens (tertiary/aromatic N) is 1. The standard InChI is InChI=1S/C11H14N2O4S/c1-4-5-12-11-13-8(6-18-11)10(15)17-7(2)9(14)16-3/h4,6-7H,1,5H2,2-3H3,(H,12,13). The predicted octanol–water partition coefficient (Wildman–Crippen LogP) is 1.46. The fraction of sp³-hybridized carbons (Fsp3) is 0.364. The number of ether oxygens (including phenoxy) is 2. The lowest BCUT2D eigenvalue weighted by molar-refractivity contribution is -0.149. The summed E-state index contributed by atoms with van der Waals surface area (Å²) in [6, 6.07) is 0. The van der Waals surface area contributed by atoms with Crippen LogP contribution in [-0.4, -0.2) is 36.7 Å². The quantitative estimate of drug-likeness (QED) is 0.623. The lowest BCUT2D eigenvalue weighted by atomic mass is 10.4. The Balaban J connectivity index is 2.58. The van der Waals surface area contributed by atoms with Gasteiger partial charge in [-0.1, -0.05) is 6.08 Å². The smallest absolute Gasteiger partial charge is 0.358 e. The van der Waals surface area contributed by atoms with E-state index in [2.05, 4.69) is 21.6 Å². The molecule has 0 saturated carbocycles. The molecular formula is C11H14N2O4S. The summed E-state index contributed by atoms with van der Waals surface area (Å²) in [5, 5.41) is 5.09. The summed E-state index contributed by atoms with van der Waals surface area (Å²) in [5.74, 6) is -1.26. The Morgan fingerprint density at radius 2 is 2.39 bits per heavy atom. The second-order valence-corrected chi connectivity index (χ2v) is 4.14. The van der Waals surface area contributed by atoms with Crippen molar-refractivity contribution in [1.29, 1.82) is 0 Å². The van der Waals surface area contributed by atoms with Gasteiger partial charge in [0.15, 0.2) is 16.9 Å². The molecule has 0 amide bonds. The van der Waals surface area contributed by atoms with E-state index in [1.807, 2.05) is 0 Å². The summed E-state index contributed by atoms with van der Waals surface area (Å²) >= 11 is 1.27. The van der Waals surface area contributed by atoms with Gasteiger partial charge in [-0.15, -0.1) is 17.9 Å². The van der Waals surface area contributed by atoms with Gasteiger partial charge in [-0.2, -0.15) is 0 Å². The van der Waals surface area contributed by atoms with Crippen LogP contribution in [-0.2, 0) is 14.3 Å². The van der Waals surface area contributed by atoms with Gasteiger partial charge in [0.2, 0.25) is 0 Å². The first kappa shape index (κ1) is 14.2. The summed E-state index contributed by atoms with van der Waals surface area (Å²) in [7, 11) is 1.23. The average Bonchev–Trinajstić information content (AvgIpc) is 2.83. The third-order valence-electron chi connectivity index (χ3n) is 1.93. The molecule has 98 valence electrons. The largest absolute Gasteiger partial charge is 0.466 e. The topological polar surface area (TPSA) is 77.5 Å². The third kappa shape index (κ3) is 3.85. The van der Waals surface area contributed by atoms with E-state index in [1.165, 1.54) is 25.4 Å². The minimum Gasteiger partial charge on any atom is -0.466 e. The van der Waals surface area contributed by atoms with Gasteiger partial charge in [0, 0.05) is 11.9 Å². The molecule has 0 saturated heterocycles. The van der Waals surface area contributed by atoms with Gasteiger partial charge in [0.05, 0.1) is 7.11 Å². The zero-order valence-electron chi connectivity index (χ0n) is 10.1. The molecule has 18 heavy (non-hydrogen) atoms. The summed E-state index contributed by atoms with van der Waals surface area (Å²) < 4.78 is 9.34. The molecule has 0 fully saturated rings. The zero-order chi connectivity index (χ0) is 13.5. The first-order chi connectivity index (χ1) is 8.58. The van der Waals surface area contributed by atoms with E-state index in [9.17, 15) is 9.59 Å². The highest BCUT2D eigenvalue weighted by atomic mass is 32.1. The molecule has 1 aromatic heterocycles. The summed E-state index contributed by atoms with van der Waals surface area (Å²) in [6.45, 7) is 5.55. The van der Waals surface area contributed by atoms with Crippen molar-refractivity contribution in [2.24, 2.45) is 0 Å². The molecule has 0 aliphatic heterocycles. The van der Waals surface area contributed by atoms with E-state index in [0.717, 1.165) is 0 Å². The minimum absolute atomic E-state index is 0.155. The Labute approximate surface area is 109 Å². The Hall–Kier alpha value is -1.89. The van der Waals surface area contributed by atoms with Crippen molar-refractivity contribution in [2.45, 2.75) is 13.0 Å². The van der Waals surface area contributed by atoms with Crippen molar-refractivity contribution in [1.82, 2.24) is 4.98 Å². The highest BCUT2D eigenvalue weighted by Crippen LogP contribution is 2.16. The molecule has 0 bridgehead atoms. The van der Waals surface area contributed by atoms with E-state index in [-0.39, 0.29) is 5.69 Å². The van der Waals surface area contributed by atoms with E-state index in [4.69, 9.17) is 4.74 Å². The van der Waals surface area contributed by atoms with Gasteiger partial charge >= 0.3 is 11.9 Å². The molecule has 6 nitrogen and oxygen atoms in total. The second-order valence-electron chi connectivity index (χ2n) is 3.28. The zero-order valence-corrected chi connectivity index (χ0v) is 11.0. The number of methoxy groups -OCH3 is 1. The van der Waals surface area contributed by atoms with Crippen LogP contribution in [0.5, 0.6) is 0 Å². The lowest BCUT2D eigenvalue weighted by Crippen LogP contribution is -2.25. The van der Waals surface area contributed by atoms with Gasteiger partial charge in [-0.05, 0) is 6.92 Å². The van der Waals surface area contributed by atoms with Crippen LogP contribution in [0, 0.1) is 0 Å². The number of carbonyl (C=O) groups excluding carboxylic acids is 2. The molecule has 1 heterocycles. The van der Waals surface area contributed by atoms with Gasteiger partial charge in [-0.3, -0.25) is 0 Å². The number of nitrogens with one attached hydrogen (secondary N) is 1. The number of aromatic nitrogens is 1. The van der Waals surface area contributed by atoms with Crippen molar-refractivity contribution in [3.8, 4) is 0 Å². The monoisotopic (exact) mass is 270 g/mol. The van der Waals surface area contributed by atoms with Crippen LogP contribution in [0.1, 0.15) is 17.4 Å². The molecule has 0 aliphatic carbocycles. The SMILES string of the molecule is C=CCNc1nc(C(=O)OC(C)C(=O)OC)cs1. The number of hydrogen-bond acceptors (Lipinski definition) is 7. The summed E-state index contributed by atoms with van der Waals surface area (Å²) in [4.78, 5) is 26.7. The van der Waals surface area contributed by atoms with Gasteiger partial charge in [0.25, 0.3) is 0 Å². The maximum Gasteiger partial charge on any atom is 0.358 e. The molecule has 0 radical (unpaired) electrons.